The Hall–Kier alpha value is -6.38. The number of para-hydroxylation sites is 2. The molecule has 0 aliphatic heterocycles. The van der Waals surface area contributed by atoms with E-state index in [1.807, 2.05) is 0 Å². The summed E-state index contributed by atoms with van der Waals surface area (Å²) in [4.78, 5) is 2.41. The third-order valence-electron chi connectivity index (χ3n) is 10.9. The Morgan fingerprint density at radius 1 is 0.431 bits per heavy atom. The molecule has 0 fully saturated rings. The van der Waals surface area contributed by atoms with E-state index in [0.717, 1.165) is 50.1 Å². The van der Waals surface area contributed by atoms with Gasteiger partial charge in [0.1, 0.15) is 5.58 Å². The molecule has 1 heterocycles. The molecular formula is C49H35NO. The maximum absolute atomic E-state index is 7.02. The topological polar surface area (TPSA) is 16.4 Å². The van der Waals surface area contributed by atoms with Crippen LogP contribution in [0.15, 0.2) is 180 Å². The van der Waals surface area contributed by atoms with Crippen LogP contribution >= 0.6 is 0 Å². The molecule has 0 spiro atoms. The number of fused-ring (bicyclic) bond motifs is 7. The van der Waals surface area contributed by atoms with Crippen LogP contribution < -0.4 is 4.90 Å². The van der Waals surface area contributed by atoms with Crippen LogP contribution in [0.4, 0.5) is 17.1 Å². The summed E-state index contributed by atoms with van der Waals surface area (Å²) in [7, 11) is 0. The molecular weight excluding hydrogens is 619 g/mol. The van der Waals surface area contributed by atoms with Gasteiger partial charge in [-0.3, -0.25) is 0 Å². The summed E-state index contributed by atoms with van der Waals surface area (Å²) in [6.45, 7) is 4.68. The maximum Gasteiger partial charge on any atom is 0.159 e. The first kappa shape index (κ1) is 29.5. The zero-order valence-corrected chi connectivity index (χ0v) is 28.6. The Kier molecular flexibility index (Phi) is 6.56. The first-order chi connectivity index (χ1) is 25.1. The van der Waals surface area contributed by atoms with Crippen molar-refractivity contribution in [2.24, 2.45) is 0 Å². The molecule has 51 heavy (non-hydrogen) atoms. The number of benzene rings is 8. The number of hydrogen-bond acceptors (Lipinski definition) is 2. The third kappa shape index (κ3) is 4.57. The van der Waals surface area contributed by atoms with Gasteiger partial charge in [-0.2, -0.15) is 0 Å². The van der Waals surface area contributed by atoms with Gasteiger partial charge in [0.25, 0.3) is 0 Å². The maximum atomic E-state index is 7.02. The first-order valence-corrected chi connectivity index (χ1v) is 17.7. The highest BCUT2D eigenvalue weighted by Gasteiger charge is 2.38. The molecule has 0 radical (unpaired) electrons. The van der Waals surface area contributed by atoms with Crippen LogP contribution in [-0.4, -0.2) is 0 Å². The van der Waals surface area contributed by atoms with Crippen molar-refractivity contribution >= 4 is 49.8 Å². The number of anilines is 3. The largest absolute Gasteiger partial charge is 0.453 e. The minimum Gasteiger partial charge on any atom is -0.453 e. The number of hydrogen-bond donors (Lipinski definition) is 0. The second-order valence-corrected chi connectivity index (χ2v) is 14.1. The van der Waals surface area contributed by atoms with Gasteiger partial charge in [-0.05, 0) is 74.5 Å². The highest BCUT2D eigenvalue weighted by atomic mass is 16.3. The van der Waals surface area contributed by atoms with Crippen LogP contribution in [-0.2, 0) is 5.41 Å². The molecule has 0 amide bonds. The van der Waals surface area contributed by atoms with Crippen molar-refractivity contribution in [3.63, 3.8) is 0 Å². The lowest BCUT2D eigenvalue weighted by atomic mass is 9.82. The Bertz CT molecular complexity index is 2770. The van der Waals surface area contributed by atoms with E-state index in [2.05, 4.69) is 195 Å². The van der Waals surface area contributed by atoms with Crippen LogP contribution in [0.25, 0.3) is 66.1 Å². The average molecular weight is 654 g/mol. The predicted octanol–water partition coefficient (Wildman–Crippen LogP) is 13.8. The normalized spacial score (nSPS) is 13.1. The van der Waals surface area contributed by atoms with E-state index in [4.69, 9.17) is 4.42 Å². The Labute approximate surface area is 297 Å². The van der Waals surface area contributed by atoms with E-state index >= 15 is 0 Å². The standard InChI is InChI=1S/C49H35NO/c1-49(2)42-21-9-8-17-41(42)46-43(49)22-12-23-44(46)50(37-29-27-33(28-30-37)36-26-25-32-13-6-7-16-35(32)31-36)45-24-11-20-40-39-19-10-18-38(47(39)51-48(40)45)34-14-4-3-5-15-34/h3-31H,1-2H3. The molecule has 0 unspecified atom stereocenters. The Morgan fingerprint density at radius 3 is 1.90 bits per heavy atom. The number of rotatable bonds is 5. The van der Waals surface area contributed by atoms with E-state index in [1.54, 1.807) is 0 Å². The minimum atomic E-state index is -0.122. The van der Waals surface area contributed by atoms with Gasteiger partial charge in [0, 0.05) is 33.0 Å². The summed E-state index contributed by atoms with van der Waals surface area (Å²) in [6, 6.07) is 63.5. The molecule has 0 N–H and O–H groups in total. The average Bonchev–Trinajstić information content (AvgIpc) is 3.69. The van der Waals surface area contributed by atoms with Crippen molar-refractivity contribution in [1.29, 1.82) is 0 Å². The van der Waals surface area contributed by atoms with Crippen molar-refractivity contribution in [2.75, 3.05) is 4.90 Å². The quantitative estimate of drug-likeness (QED) is 0.184. The molecule has 0 atom stereocenters. The SMILES string of the molecule is CC1(C)c2ccccc2-c2c(N(c3ccc(-c4ccc5ccccc5c4)cc3)c3cccc4c3oc3c(-c5ccccc5)cccc34)cccc21. The lowest BCUT2D eigenvalue weighted by Crippen LogP contribution is -2.16. The molecule has 0 bridgehead atoms. The second kappa shape index (κ2) is 11.3. The van der Waals surface area contributed by atoms with Crippen molar-refractivity contribution < 1.29 is 4.42 Å². The van der Waals surface area contributed by atoms with Gasteiger partial charge >= 0.3 is 0 Å². The van der Waals surface area contributed by atoms with Crippen LogP contribution in [0.1, 0.15) is 25.0 Å². The van der Waals surface area contributed by atoms with Gasteiger partial charge in [-0.25, -0.2) is 0 Å². The summed E-state index contributed by atoms with van der Waals surface area (Å²) in [5.74, 6) is 0. The fourth-order valence-corrected chi connectivity index (χ4v) is 8.33. The van der Waals surface area contributed by atoms with Gasteiger partial charge in [0.05, 0.1) is 11.4 Å². The Morgan fingerprint density at radius 2 is 1.06 bits per heavy atom. The molecule has 242 valence electrons. The van der Waals surface area contributed by atoms with Crippen LogP contribution in [0.2, 0.25) is 0 Å². The van der Waals surface area contributed by atoms with Crippen LogP contribution in [0.3, 0.4) is 0 Å². The summed E-state index contributed by atoms with van der Waals surface area (Å²) >= 11 is 0. The zero-order valence-electron chi connectivity index (χ0n) is 28.6. The monoisotopic (exact) mass is 653 g/mol. The lowest BCUT2D eigenvalue weighted by Gasteiger charge is -2.29. The molecule has 8 aromatic carbocycles. The first-order valence-electron chi connectivity index (χ1n) is 17.7. The molecule has 9 aromatic rings. The van der Waals surface area contributed by atoms with Crippen LogP contribution in [0.5, 0.6) is 0 Å². The molecule has 1 aromatic heterocycles. The van der Waals surface area contributed by atoms with E-state index in [-0.39, 0.29) is 5.41 Å². The van der Waals surface area contributed by atoms with Gasteiger partial charge in [-0.15, -0.1) is 0 Å². The van der Waals surface area contributed by atoms with E-state index in [1.165, 1.54) is 44.2 Å². The molecule has 1 aliphatic carbocycles. The van der Waals surface area contributed by atoms with E-state index < -0.39 is 0 Å². The second-order valence-electron chi connectivity index (χ2n) is 14.1. The van der Waals surface area contributed by atoms with Gasteiger partial charge < -0.3 is 9.32 Å². The summed E-state index contributed by atoms with van der Waals surface area (Å²) in [5, 5.41) is 4.71. The van der Waals surface area contributed by atoms with Crippen molar-refractivity contribution in [3.05, 3.63) is 187 Å². The minimum absolute atomic E-state index is 0.122. The molecule has 1 aliphatic rings. The zero-order chi connectivity index (χ0) is 34.1. The molecule has 2 heteroatoms. The lowest BCUT2D eigenvalue weighted by molar-refractivity contribution is 0.660. The third-order valence-corrected chi connectivity index (χ3v) is 10.9. The van der Waals surface area contributed by atoms with Gasteiger partial charge in [0.2, 0.25) is 0 Å². The number of nitrogens with zero attached hydrogens (tertiary/aromatic N) is 1. The highest BCUT2D eigenvalue weighted by molar-refractivity contribution is 6.14. The van der Waals surface area contributed by atoms with Crippen molar-refractivity contribution in [1.82, 2.24) is 0 Å². The molecule has 10 rings (SSSR count). The van der Waals surface area contributed by atoms with Crippen LogP contribution in [0, 0.1) is 0 Å². The highest BCUT2D eigenvalue weighted by Crippen LogP contribution is 2.55. The van der Waals surface area contributed by atoms with Gasteiger partial charge in [0.15, 0.2) is 5.58 Å². The summed E-state index contributed by atoms with van der Waals surface area (Å²) < 4.78 is 7.02. The number of furan rings is 1. The smallest absolute Gasteiger partial charge is 0.159 e. The van der Waals surface area contributed by atoms with Crippen molar-refractivity contribution in [2.45, 2.75) is 19.3 Å². The Balaban J connectivity index is 1.21. The fourth-order valence-electron chi connectivity index (χ4n) is 8.33. The molecule has 0 saturated carbocycles. The van der Waals surface area contributed by atoms with Crippen molar-refractivity contribution in [3.8, 4) is 33.4 Å². The van der Waals surface area contributed by atoms with E-state index in [9.17, 15) is 0 Å². The van der Waals surface area contributed by atoms with E-state index in [0.29, 0.717) is 0 Å². The fraction of sp³-hybridized carbons (Fsp3) is 0.0612. The molecule has 2 nitrogen and oxygen atoms in total. The summed E-state index contributed by atoms with van der Waals surface area (Å²) in [5.41, 5.74) is 14.8. The predicted molar refractivity (Wildman–Crippen MR) is 214 cm³/mol. The molecule has 0 saturated heterocycles. The summed E-state index contributed by atoms with van der Waals surface area (Å²) in [6.07, 6.45) is 0. The van der Waals surface area contributed by atoms with Gasteiger partial charge in [-0.1, -0.05) is 159 Å².